The van der Waals surface area contributed by atoms with Crippen LogP contribution in [-0.4, -0.2) is 21.2 Å². The van der Waals surface area contributed by atoms with Gasteiger partial charge in [0, 0.05) is 5.69 Å². The number of hydrogen-bond donors (Lipinski definition) is 3. The molecule has 0 radical (unpaired) electrons. The molecule has 1 aromatic rings. The minimum atomic E-state index is -1.83. The van der Waals surface area contributed by atoms with Crippen molar-refractivity contribution in [1.29, 1.82) is 0 Å². The van der Waals surface area contributed by atoms with E-state index in [0.29, 0.717) is 5.69 Å². The van der Waals surface area contributed by atoms with Gasteiger partial charge in [-0.1, -0.05) is 0 Å². The first-order valence-electron chi connectivity index (χ1n) is 3.56. The minimum absolute atomic E-state index is 0.299. The molecule has 1 aromatic heterocycles. The van der Waals surface area contributed by atoms with Gasteiger partial charge in [0.05, 0.1) is 5.69 Å². The second-order valence-corrected chi connectivity index (χ2v) is 2.93. The van der Waals surface area contributed by atoms with Crippen LogP contribution in [0.2, 0.25) is 0 Å². The maximum absolute atomic E-state index is 10.6. The number of carbonyl (C=O) groups is 1. The van der Waals surface area contributed by atoms with Gasteiger partial charge in [0.2, 0.25) is 0 Å². The summed E-state index contributed by atoms with van der Waals surface area (Å²) in [5.74, 6) is -1.26. The van der Waals surface area contributed by atoms with Gasteiger partial charge < -0.3 is 15.2 Å². The molecule has 3 N–H and O–H groups in total. The summed E-state index contributed by atoms with van der Waals surface area (Å²) in [6.07, 6.45) is 0. The Kier molecular flexibility index (Phi) is 1.94. The molecular formula is C8H11NO3. The molecule has 1 unspecified atom stereocenters. The molecule has 0 saturated carbocycles. The zero-order valence-corrected chi connectivity index (χ0v) is 6.96. The van der Waals surface area contributed by atoms with E-state index in [4.69, 9.17) is 5.11 Å². The maximum Gasteiger partial charge on any atom is 0.341 e. The van der Waals surface area contributed by atoms with E-state index >= 15 is 0 Å². The molecule has 0 aliphatic rings. The molecule has 0 aliphatic carbocycles. The number of H-pyrrole nitrogens is 1. The van der Waals surface area contributed by atoms with E-state index in [1.54, 1.807) is 19.1 Å². The molecule has 1 atom stereocenters. The molecule has 12 heavy (non-hydrogen) atoms. The molecule has 1 heterocycles. The van der Waals surface area contributed by atoms with E-state index in [2.05, 4.69) is 4.98 Å². The summed E-state index contributed by atoms with van der Waals surface area (Å²) in [5, 5.41) is 18.1. The summed E-state index contributed by atoms with van der Waals surface area (Å²) in [6.45, 7) is 3.03. The third-order valence-corrected chi connectivity index (χ3v) is 1.77. The van der Waals surface area contributed by atoms with Crippen LogP contribution in [0.3, 0.4) is 0 Å². The van der Waals surface area contributed by atoms with Crippen LogP contribution in [0.1, 0.15) is 18.3 Å². The summed E-state index contributed by atoms with van der Waals surface area (Å²) in [4.78, 5) is 13.3. The lowest BCUT2D eigenvalue weighted by Crippen LogP contribution is -2.32. The number of hydrogen-bond acceptors (Lipinski definition) is 2. The van der Waals surface area contributed by atoms with Gasteiger partial charge in [-0.2, -0.15) is 0 Å². The molecule has 4 heteroatoms. The average Bonchev–Trinajstić information content (AvgIpc) is 2.35. The lowest BCUT2D eigenvalue weighted by atomic mass is 10.0. The quantitative estimate of drug-likeness (QED) is 0.607. The first kappa shape index (κ1) is 8.80. The van der Waals surface area contributed by atoms with Gasteiger partial charge in [-0.05, 0) is 26.0 Å². The van der Waals surface area contributed by atoms with Crippen LogP contribution < -0.4 is 0 Å². The third-order valence-electron chi connectivity index (χ3n) is 1.77. The number of carboxylic acid groups (broad SMARTS) is 1. The number of aliphatic hydroxyl groups is 1. The van der Waals surface area contributed by atoms with Crippen molar-refractivity contribution in [3.05, 3.63) is 23.5 Å². The Morgan fingerprint density at radius 3 is 2.50 bits per heavy atom. The van der Waals surface area contributed by atoms with Crippen molar-refractivity contribution in [1.82, 2.24) is 4.98 Å². The first-order valence-corrected chi connectivity index (χ1v) is 3.56. The number of aliphatic carboxylic acids is 1. The minimum Gasteiger partial charge on any atom is -0.479 e. The van der Waals surface area contributed by atoms with Crippen molar-refractivity contribution in [3.8, 4) is 0 Å². The van der Waals surface area contributed by atoms with Gasteiger partial charge in [0.15, 0.2) is 5.60 Å². The van der Waals surface area contributed by atoms with Crippen molar-refractivity contribution in [2.24, 2.45) is 0 Å². The highest BCUT2D eigenvalue weighted by atomic mass is 16.4. The van der Waals surface area contributed by atoms with Crippen LogP contribution in [0.5, 0.6) is 0 Å². The van der Waals surface area contributed by atoms with E-state index in [9.17, 15) is 9.90 Å². The molecule has 0 aliphatic heterocycles. The summed E-state index contributed by atoms with van der Waals surface area (Å²) >= 11 is 0. The number of rotatable bonds is 2. The SMILES string of the molecule is Cc1ccc(C(C)(O)C(=O)O)[nH]1. The smallest absolute Gasteiger partial charge is 0.341 e. The summed E-state index contributed by atoms with van der Waals surface area (Å²) < 4.78 is 0. The Morgan fingerprint density at radius 1 is 1.58 bits per heavy atom. The number of aromatic nitrogens is 1. The second kappa shape index (κ2) is 2.64. The van der Waals surface area contributed by atoms with Gasteiger partial charge in [0.1, 0.15) is 0 Å². The summed E-state index contributed by atoms with van der Waals surface area (Å²) in [7, 11) is 0. The fraction of sp³-hybridized carbons (Fsp3) is 0.375. The Balaban J connectivity index is 3.05. The molecule has 0 amide bonds. The van der Waals surface area contributed by atoms with Crippen molar-refractivity contribution in [3.63, 3.8) is 0 Å². The molecule has 0 bridgehead atoms. The van der Waals surface area contributed by atoms with Crippen LogP contribution in [0.15, 0.2) is 12.1 Å². The fourth-order valence-electron chi connectivity index (χ4n) is 0.903. The monoisotopic (exact) mass is 169 g/mol. The molecule has 1 rings (SSSR count). The maximum atomic E-state index is 10.6. The Bertz CT molecular complexity index is 301. The van der Waals surface area contributed by atoms with Gasteiger partial charge in [0.25, 0.3) is 0 Å². The Labute approximate surface area is 69.9 Å². The largest absolute Gasteiger partial charge is 0.479 e. The van der Waals surface area contributed by atoms with E-state index < -0.39 is 11.6 Å². The molecule has 4 nitrogen and oxygen atoms in total. The summed E-state index contributed by atoms with van der Waals surface area (Å²) in [6, 6.07) is 3.27. The highest BCUT2D eigenvalue weighted by Gasteiger charge is 2.33. The van der Waals surface area contributed by atoms with Crippen molar-refractivity contribution in [2.45, 2.75) is 19.4 Å². The van der Waals surface area contributed by atoms with Crippen LogP contribution in [0.4, 0.5) is 0 Å². The van der Waals surface area contributed by atoms with Gasteiger partial charge in [-0.15, -0.1) is 0 Å². The molecule has 0 saturated heterocycles. The number of aromatic amines is 1. The third kappa shape index (κ3) is 1.33. The van der Waals surface area contributed by atoms with E-state index in [-0.39, 0.29) is 0 Å². The van der Waals surface area contributed by atoms with Crippen LogP contribution in [0.25, 0.3) is 0 Å². The van der Waals surface area contributed by atoms with Crippen molar-refractivity contribution in [2.75, 3.05) is 0 Å². The predicted octanol–water partition coefficient (Wildman–Crippen LogP) is 0.615. The standard InChI is InChI=1S/C8H11NO3/c1-5-3-4-6(9-5)8(2,12)7(10)11/h3-4,9,12H,1-2H3,(H,10,11). The van der Waals surface area contributed by atoms with Crippen molar-refractivity contribution < 1.29 is 15.0 Å². The molecule has 0 spiro atoms. The van der Waals surface area contributed by atoms with E-state index in [0.717, 1.165) is 5.69 Å². The number of aryl methyl sites for hydroxylation is 1. The zero-order chi connectivity index (χ0) is 9.35. The fourth-order valence-corrected chi connectivity index (χ4v) is 0.903. The Morgan fingerprint density at radius 2 is 2.17 bits per heavy atom. The average molecular weight is 169 g/mol. The number of nitrogens with one attached hydrogen (secondary N) is 1. The second-order valence-electron chi connectivity index (χ2n) is 2.93. The van der Waals surface area contributed by atoms with E-state index in [1.165, 1.54) is 6.92 Å². The first-order chi connectivity index (χ1) is 5.44. The Hall–Kier alpha value is -1.29. The topological polar surface area (TPSA) is 73.3 Å². The molecule has 0 aromatic carbocycles. The normalized spacial score (nSPS) is 15.6. The van der Waals surface area contributed by atoms with Gasteiger partial charge in [-0.3, -0.25) is 0 Å². The molecule has 66 valence electrons. The molecule has 0 fully saturated rings. The van der Waals surface area contributed by atoms with Crippen LogP contribution in [0, 0.1) is 6.92 Å². The highest BCUT2D eigenvalue weighted by molar-refractivity contribution is 5.77. The molecular weight excluding hydrogens is 158 g/mol. The van der Waals surface area contributed by atoms with Crippen LogP contribution >= 0.6 is 0 Å². The van der Waals surface area contributed by atoms with Gasteiger partial charge >= 0.3 is 5.97 Å². The number of carboxylic acids is 1. The van der Waals surface area contributed by atoms with Gasteiger partial charge in [-0.25, -0.2) is 4.79 Å². The highest BCUT2D eigenvalue weighted by Crippen LogP contribution is 2.19. The lowest BCUT2D eigenvalue weighted by molar-refractivity contribution is -0.157. The predicted molar refractivity (Wildman–Crippen MR) is 42.7 cm³/mol. The zero-order valence-electron chi connectivity index (χ0n) is 6.96. The summed E-state index contributed by atoms with van der Waals surface area (Å²) in [5.41, 5.74) is -0.701. The van der Waals surface area contributed by atoms with E-state index in [1.807, 2.05) is 0 Å². The van der Waals surface area contributed by atoms with Crippen molar-refractivity contribution >= 4 is 5.97 Å². The lowest BCUT2D eigenvalue weighted by Gasteiger charge is -2.15. The van der Waals surface area contributed by atoms with Crippen LogP contribution in [-0.2, 0) is 10.4 Å².